The molecule has 24 heavy (non-hydrogen) atoms. The van der Waals surface area contributed by atoms with Gasteiger partial charge in [-0.3, -0.25) is 9.59 Å². The maximum absolute atomic E-state index is 13.6. The Bertz CT molecular complexity index is 596. The van der Waals surface area contributed by atoms with Crippen LogP contribution in [-0.4, -0.2) is 35.8 Å². The minimum absolute atomic E-state index is 0.309. The summed E-state index contributed by atoms with van der Waals surface area (Å²) in [6.45, 7) is 3.68. The number of carbonyl (C=O) groups excluding carboxylic acids is 2. The van der Waals surface area contributed by atoms with E-state index < -0.39 is 35.1 Å². The van der Waals surface area contributed by atoms with E-state index in [9.17, 15) is 22.8 Å². The van der Waals surface area contributed by atoms with Crippen LogP contribution >= 0.6 is 0 Å². The molecule has 0 heterocycles. The molecular weight excluding hydrogens is 323 g/mol. The van der Waals surface area contributed by atoms with Crippen molar-refractivity contribution in [3.63, 3.8) is 0 Å². The zero-order chi connectivity index (χ0) is 18.3. The summed E-state index contributed by atoms with van der Waals surface area (Å²) in [5.74, 6) is -5.59. The Balaban J connectivity index is 2.79. The number of nitrogens with one attached hydrogen (secondary N) is 1. The summed E-state index contributed by atoms with van der Waals surface area (Å²) >= 11 is 0. The van der Waals surface area contributed by atoms with Crippen molar-refractivity contribution in [3.05, 3.63) is 29.6 Å². The maximum Gasteiger partial charge on any atom is 0.244 e. The topological polar surface area (TPSA) is 75.4 Å². The fourth-order valence-electron chi connectivity index (χ4n) is 2.19. The van der Waals surface area contributed by atoms with Crippen LogP contribution in [0.5, 0.6) is 0 Å². The number of anilines is 1. The lowest BCUT2D eigenvalue weighted by atomic mass is 10.1. The van der Waals surface area contributed by atoms with Crippen LogP contribution in [0.25, 0.3) is 0 Å². The average Bonchev–Trinajstić information content (AvgIpc) is 2.54. The summed E-state index contributed by atoms with van der Waals surface area (Å²) in [6, 6.07) is 0.912. The number of benzene rings is 1. The molecule has 0 saturated heterocycles. The molecule has 0 bridgehead atoms. The van der Waals surface area contributed by atoms with Crippen molar-refractivity contribution in [1.29, 1.82) is 0 Å². The SMILES string of the molecule is CCCC(N)C(=O)N(CCC)CC(=O)Nc1ccc(F)c(F)c1F. The molecular formula is C16H22F3N3O2. The molecule has 0 aliphatic heterocycles. The van der Waals surface area contributed by atoms with E-state index in [0.717, 1.165) is 12.5 Å². The molecule has 0 aromatic heterocycles. The Morgan fingerprint density at radius 2 is 1.83 bits per heavy atom. The average molecular weight is 345 g/mol. The van der Waals surface area contributed by atoms with Crippen LogP contribution < -0.4 is 11.1 Å². The van der Waals surface area contributed by atoms with Gasteiger partial charge in [0.2, 0.25) is 11.8 Å². The van der Waals surface area contributed by atoms with Crippen molar-refractivity contribution in [3.8, 4) is 0 Å². The molecule has 1 atom stereocenters. The van der Waals surface area contributed by atoms with Crippen LogP contribution in [0, 0.1) is 17.5 Å². The van der Waals surface area contributed by atoms with Crippen LogP contribution in [0.4, 0.5) is 18.9 Å². The smallest absolute Gasteiger partial charge is 0.244 e. The molecule has 0 spiro atoms. The van der Waals surface area contributed by atoms with E-state index in [1.807, 2.05) is 13.8 Å². The highest BCUT2D eigenvalue weighted by molar-refractivity contribution is 5.95. The van der Waals surface area contributed by atoms with E-state index in [2.05, 4.69) is 5.32 Å². The zero-order valence-corrected chi connectivity index (χ0v) is 13.7. The van der Waals surface area contributed by atoms with E-state index >= 15 is 0 Å². The van der Waals surface area contributed by atoms with Gasteiger partial charge in [-0.05, 0) is 25.0 Å². The summed E-state index contributed by atoms with van der Waals surface area (Å²) in [7, 11) is 0. The van der Waals surface area contributed by atoms with Crippen LogP contribution in [0.2, 0.25) is 0 Å². The van der Waals surface area contributed by atoms with Crippen molar-refractivity contribution in [2.45, 2.75) is 39.2 Å². The van der Waals surface area contributed by atoms with Crippen molar-refractivity contribution < 1.29 is 22.8 Å². The fraction of sp³-hybridized carbons (Fsp3) is 0.500. The van der Waals surface area contributed by atoms with Crippen molar-refractivity contribution in [1.82, 2.24) is 4.90 Å². The predicted molar refractivity (Wildman–Crippen MR) is 84.7 cm³/mol. The van der Waals surface area contributed by atoms with Gasteiger partial charge < -0.3 is 16.0 Å². The van der Waals surface area contributed by atoms with Crippen LogP contribution in [0.1, 0.15) is 33.1 Å². The number of nitrogens with two attached hydrogens (primary N) is 1. The Kier molecular flexibility index (Phi) is 7.70. The van der Waals surface area contributed by atoms with Crippen LogP contribution in [-0.2, 0) is 9.59 Å². The zero-order valence-electron chi connectivity index (χ0n) is 13.7. The molecule has 0 aliphatic rings. The molecule has 1 aromatic rings. The third-order valence-corrected chi connectivity index (χ3v) is 3.37. The molecule has 1 unspecified atom stereocenters. The van der Waals surface area contributed by atoms with E-state index in [4.69, 9.17) is 5.73 Å². The Hall–Kier alpha value is -2.09. The highest BCUT2D eigenvalue weighted by Gasteiger charge is 2.23. The van der Waals surface area contributed by atoms with Crippen LogP contribution in [0.3, 0.4) is 0 Å². The van der Waals surface area contributed by atoms with Gasteiger partial charge in [0.15, 0.2) is 17.5 Å². The largest absolute Gasteiger partial charge is 0.332 e. The lowest BCUT2D eigenvalue weighted by molar-refractivity contribution is -0.136. The standard InChI is InChI=1S/C16H22F3N3O2/c1-3-5-11(20)16(24)22(8-4-2)9-13(23)21-12-7-6-10(17)14(18)15(12)19/h6-7,11H,3-5,8-9,20H2,1-2H3,(H,21,23). The summed E-state index contributed by atoms with van der Waals surface area (Å²) < 4.78 is 39.6. The molecule has 3 N–H and O–H groups in total. The number of nitrogens with zero attached hydrogens (tertiary/aromatic N) is 1. The number of halogens is 3. The number of rotatable bonds is 8. The Morgan fingerprint density at radius 3 is 2.42 bits per heavy atom. The second kappa shape index (κ2) is 9.27. The molecule has 1 rings (SSSR count). The minimum Gasteiger partial charge on any atom is -0.332 e. The van der Waals surface area contributed by atoms with Gasteiger partial charge in [0.1, 0.15) is 0 Å². The fourth-order valence-corrected chi connectivity index (χ4v) is 2.19. The predicted octanol–water partition coefficient (Wildman–Crippen LogP) is 2.41. The first-order valence-electron chi connectivity index (χ1n) is 7.79. The molecule has 134 valence electrons. The number of hydrogen-bond donors (Lipinski definition) is 2. The van der Waals surface area contributed by atoms with E-state index in [-0.39, 0.29) is 12.5 Å². The van der Waals surface area contributed by atoms with Gasteiger partial charge in [0, 0.05) is 6.54 Å². The van der Waals surface area contributed by atoms with Gasteiger partial charge in [0.05, 0.1) is 18.3 Å². The Morgan fingerprint density at radius 1 is 1.17 bits per heavy atom. The van der Waals surface area contributed by atoms with E-state index in [1.54, 1.807) is 0 Å². The summed E-state index contributed by atoms with van der Waals surface area (Å²) in [4.78, 5) is 25.5. The van der Waals surface area contributed by atoms with Crippen molar-refractivity contribution in [2.75, 3.05) is 18.4 Å². The third-order valence-electron chi connectivity index (χ3n) is 3.37. The number of amides is 2. The molecule has 2 amide bonds. The molecule has 1 aromatic carbocycles. The second-order valence-corrected chi connectivity index (χ2v) is 5.43. The minimum atomic E-state index is -1.67. The van der Waals surface area contributed by atoms with Gasteiger partial charge in [0.25, 0.3) is 0 Å². The lowest BCUT2D eigenvalue weighted by Crippen LogP contribution is -2.47. The molecule has 0 fully saturated rings. The van der Waals surface area contributed by atoms with Gasteiger partial charge >= 0.3 is 0 Å². The van der Waals surface area contributed by atoms with Crippen molar-refractivity contribution in [2.24, 2.45) is 5.73 Å². The third kappa shape index (κ3) is 5.23. The van der Waals surface area contributed by atoms with Gasteiger partial charge in [-0.1, -0.05) is 20.3 Å². The first-order valence-corrected chi connectivity index (χ1v) is 7.79. The van der Waals surface area contributed by atoms with E-state index in [1.165, 1.54) is 4.90 Å². The van der Waals surface area contributed by atoms with E-state index in [0.29, 0.717) is 25.5 Å². The highest BCUT2D eigenvalue weighted by Crippen LogP contribution is 2.19. The second-order valence-electron chi connectivity index (χ2n) is 5.43. The van der Waals surface area contributed by atoms with Gasteiger partial charge in [-0.2, -0.15) is 0 Å². The summed E-state index contributed by atoms with van der Waals surface area (Å²) in [5.41, 5.74) is 5.29. The molecule has 0 radical (unpaired) electrons. The molecule has 8 heteroatoms. The lowest BCUT2D eigenvalue weighted by Gasteiger charge is -2.24. The molecule has 0 aliphatic carbocycles. The quantitative estimate of drug-likeness (QED) is 0.711. The van der Waals surface area contributed by atoms with Crippen molar-refractivity contribution >= 4 is 17.5 Å². The number of carbonyl (C=O) groups is 2. The molecule has 0 saturated carbocycles. The highest BCUT2D eigenvalue weighted by atomic mass is 19.2. The Labute approximate surface area is 139 Å². The normalized spacial score (nSPS) is 11.9. The van der Waals surface area contributed by atoms with Gasteiger partial charge in [-0.15, -0.1) is 0 Å². The summed E-state index contributed by atoms with van der Waals surface area (Å²) in [6.07, 6.45) is 1.81. The first-order chi connectivity index (χ1) is 11.3. The first kappa shape index (κ1) is 20.0. The van der Waals surface area contributed by atoms with Gasteiger partial charge in [-0.25, -0.2) is 13.2 Å². The number of hydrogen-bond acceptors (Lipinski definition) is 3. The van der Waals surface area contributed by atoms with Crippen LogP contribution in [0.15, 0.2) is 12.1 Å². The summed E-state index contributed by atoms with van der Waals surface area (Å²) in [5, 5.41) is 2.14. The maximum atomic E-state index is 13.6. The monoisotopic (exact) mass is 345 g/mol. The molecule has 5 nitrogen and oxygen atoms in total.